The molecule has 2 aromatic rings. The quantitative estimate of drug-likeness (QED) is 0.790. The highest BCUT2D eigenvalue weighted by Crippen LogP contribution is 2.29. The fraction of sp³-hybridized carbons (Fsp3) is 0.278. The van der Waals surface area contributed by atoms with Crippen molar-refractivity contribution in [3.63, 3.8) is 0 Å². The Labute approximate surface area is 148 Å². The molecule has 0 radical (unpaired) electrons. The topological polar surface area (TPSA) is 84.5 Å². The van der Waals surface area contributed by atoms with Crippen molar-refractivity contribution < 1.29 is 17.9 Å². The van der Waals surface area contributed by atoms with Crippen LogP contribution < -0.4 is 14.8 Å². The maximum absolute atomic E-state index is 12.5. The Bertz CT molecular complexity index is 833. The number of carbonyl (C=O) groups excluding carboxylic acids is 1. The molecule has 0 spiro atoms. The van der Waals surface area contributed by atoms with Gasteiger partial charge in [-0.2, -0.15) is 0 Å². The number of ether oxygens (including phenoxy) is 1. The van der Waals surface area contributed by atoms with Crippen molar-refractivity contribution in [1.29, 1.82) is 0 Å². The molecule has 0 atom stereocenters. The Balaban J connectivity index is 2.24. The normalized spacial score (nSPS) is 11.2. The van der Waals surface area contributed by atoms with Crippen LogP contribution in [0.5, 0.6) is 5.75 Å². The van der Waals surface area contributed by atoms with Crippen LogP contribution in [0.1, 0.15) is 20.3 Å². The molecule has 0 aromatic heterocycles. The number of methoxy groups -OCH3 is 1. The third-order valence-electron chi connectivity index (χ3n) is 3.38. The zero-order chi connectivity index (χ0) is 18.4. The van der Waals surface area contributed by atoms with Gasteiger partial charge in [-0.1, -0.05) is 32.0 Å². The largest absolute Gasteiger partial charge is 0.495 e. The molecule has 0 saturated carbocycles. The van der Waals surface area contributed by atoms with Gasteiger partial charge < -0.3 is 10.1 Å². The van der Waals surface area contributed by atoms with Gasteiger partial charge in [0, 0.05) is 18.2 Å². The molecule has 1 amide bonds. The number of amides is 1. The second-order valence-electron chi connectivity index (χ2n) is 5.98. The molecule has 0 aliphatic carbocycles. The molecule has 0 fully saturated rings. The third kappa shape index (κ3) is 5.22. The predicted molar refractivity (Wildman–Crippen MR) is 98.3 cm³/mol. The SMILES string of the molecule is COc1cc(S(=O)(=O)Nc2ccccc2)ccc1NC(=O)CC(C)C. The smallest absolute Gasteiger partial charge is 0.262 e. The predicted octanol–water partition coefficient (Wildman–Crippen LogP) is 3.48. The lowest BCUT2D eigenvalue weighted by Crippen LogP contribution is -2.16. The van der Waals surface area contributed by atoms with Crippen LogP contribution in [0.4, 0.5) is 11.4 Å². The van der Waals surface area contributed by atoms with Gasteiger partial charge in [0.05, 0.1) is 17.7 Å². The fourth-order valence-corrected chi connectivity index (χ4v) is 3.31. The van der Waals surface area contributed by atoms with Gasteiger partial charge in [-0.3, -0.25) is 9.52 Å². The van der Waals surface area contributed by atoms with E-state index in [4.69, 9.17) is 4.74 Å². The first-order chi connectivity index (χ1) is 11.8. The first kappa shape index (κ1) is 18.8. The first-order valence-electron chi connectivity index (χ1n) is 7.87. The summed E-state index contributed by atoms with van der Waals surface area (Å²) in [6, 6.07) is 12.9. The van der Waals surface area contributed by atoms with Crippen LogP contribution >= 0.6 is 0 Å². The molecular formula is C18H22N2O4S. The third-order valence-corrected chi connectivity index (χ3v) is 4.76. The molecule has 0 unspecified atom stereocenters. The van der Waals surface area contributed by atoms with Crippen LogP contribution in [0.2, 0.25) is 0 Å². The summed E-state index contributed by atoms with van der Waals surface area (Å²) in [5, 5.41) is 2.74. The molecular weight excluding hydrogens is 340 g/mol. The van der Waals surface area contributed by atoms with Gasteiger partial charge in [0.15, 0.2) is 0 Å². The number of carbonyl (C=O) groups is 1. The number of hydrogen-bond donors (Lipinski definition) is 2. The highest BCUT2D eigenvalue weighted by molar-refractivity contribution is 7.92. The summed E-state index contributed by atoms with van der Waals surface area (Å²) >= 11 is 0. The highest BCUT2D eigenvalue weighted by Gasteiger charge is 2.18. The maximum atomic E-state index is 12.5. The number of benzene rings is 2. The summed E-state index contributed by atoms with van der Waals surface area (Å²) in [6.07, 6.45) is 0.374. The fourth-order valence-electron chi connectivity index (χ4n) is 2.23. The Morgan fingerprint density at radius 2 is 1.80 bits per heavy atom. The number of sulfonamides is 1. The van der Waals surface area contributed by atoms with E-state index in [9.17, 15) is 13.2 Å². The van der Waals surface area contributed by atoms with Crippen molar-refractivity contribution in [3.8, 4) is 5.75 Å². The zero-order valence-electron chi connectivity index (χ0n) is 14.4. The van der Waals surface area contributed by atoms with E-state index in [0.717, 1.165) is 0 Å². The van der Waals surface area contributed by atoms with E-state index >= 15 is 0 Å². The summed E-state index contributed by atoms with van der Waals surface area (Å²) < 4.78 is 32.7. The highest BCUT2D eigenvalue weighted by atomic mass is 32.2. The van der Waals surface area contributed by atoms with Crippen LogP contribution in [0.3, 0.4) is 0 Å². The van der Waals surface area contributed by atoms with Gasteiger partial charge in [0.25, 0.3) is 10.0 Å². The second kappa shape index (κ2) is 8.02. The van der Waals surface area contributed by atoms with Crippen LogP contribution in [0.15, 0.2) is 53.4 Å². The molecule has 2 aromatic carbocycles. The molecule has 2 rings (SSSR count). The molecule has 0 heterocycles. The number of rotatable bonds is 7. The van der Waals surface area contributed by atoms with E-state index in [-0.39, 0.29) is 22.5 Å². The van der Waals surface area contributed by atoms with Crippen LogP contribution in [0.25, 0.3) is 0 Å². The summed E-state index contributed by atoms with van der Waals surface area (Å²) in [7, 11) is -2.33. The number of hydrogen-bond acceptors (Lipinski definition) is 4. The number of anilines is 2. The van der Waals surface area contributed by atoms with Crippen LogP contribution in [0, 0.1) is 5.92 Å². The van der Waals surface area contributed by atoms with E-state index in [1.165, 1.54) is 25.3 Å². The molecule has 25 heavy (non-hydrogen) atoms. The van der Waals surface area contributed by atoms with E-state index in [1.807, 2.05) is 13.8 Å². The minimum atomic E-state index is -3.75. The van der Waals surface area contributed by atoms with Gasteiger partial charge >= 0.3 is 0 Å². The average molecular weight is 362 g/mol. The first-order valence-corrected chi connectivity index (χ1v) is 9.36. The van der Waals surface area contributed by atoms with Gasteiger partial charge in [-0.25, -0.2) is 8.42 Å². The standard InChI is InChI=1S/C18H22N2O4S/c1-13(2)11-18(21)19-16-10-9-15(12-17(16)24-3)25(22,23)20-14-7-5-4-6-8-14/h4-10,12-13,20H,11H2,1-3H3,(H,19,21). The van der Waals surface area contributed by atoms with Gasteiger partial charge in [-0.05, 0) is 30.2 Å². The van der Waals surface area contributed by atoms with Crippen LogP contribution in [-0.2, 0) is 14.8 Å². The Hall–Kier alpha value is -2.54. The van der Waals surface area contributed by atoms with Crippen LogP contribution in [-0.4, -0.2) is 21.4 Å². The lowest BCUT2D eigenvalue weighted by atomic mass is 10.1. The molecule has 134 valence electrons. The van der Waals surface area contributed by atoms with Crippen molar-refractivity contribution in [3.05, 3.63) is 48.5 Å². The lowest BCUT2D eigenvalue weighted by Gasteiger charge is -2.14. The van der Waals surface area contributed by atoms with Gasteiger partial charge in [-0.15, -0.1) is 0 Å². The Morgan fingerprint density at radius 3 is 2.40 bits per heavy atom. The van der Waals surface area contributed by atoms with Crippen molar-refractivity contribution >= 4 is 27.3 Å². The Morgan fingerprint density at radius 1 is 1.12 bits per heavy atom. The summed E-state index contributed by atoms with van der Waals surface area (Å²) in [6.45, 7) is 3.89. The number of nitrogens with one attached hydrogen (secondary N) is 2. The Kier molecular flexibility index (Phi) is 6.03. The summed E-state index contributed by atoms with van der Waals surface area (Å²) in [4.78, 5) is 12.0. The lowest BCUT2D eigenvalue weighted by molar-refractivity contribution is -0.116. The minimum absolute atomic E-state index is 0.0510. The molecule has 0 aliphatic heterocycles. The molecule has 7 heteroatoms. The number of para-hydroxylation sites is 1. The van der Waals surface area contributed by atoms with Gasteiger partial charge in [0.2, 0.25) is 5.91 Å². The van der Waals surface area contributed by atoms with E-state index in [1.54, 1.807) is 30.3 Å². The van der Waals surface area contributed by atoms with Crippen molar-refractivity contribution in [1.82, 2.24) is 0 Å². The minimum Gasteiger partial charge on any atom is -0.495 e. The van der Waals surface area contributed by atoms with Crippen molar-refractivity contribution in [2.24, 2.45) is 5.92 Å². The van der Waals surface area contributed by atoms with E-state index in [2.05, 4.69) is 10.0 Å². The zero-order valence-corrected chi connectivity index (χ0v) is 15.3. The van der Waals surface area contributed by atoms with E-state index in [0.29, 0.717) is 17.8 Å². The molecule has 0 bridgehead atoms. The molecule has 6 nitrogen and oxygen atoms in total. The summed E-state index contributed by atoms with van der Waals surface area (Å²) in [5.74, 6) is 0.361. The van der Waals surface area contributed by atoms with Crippen molar-refractivity contribution in [2.75, 3.05) is 17.1 Å². The van der Waals surface area contributed by atoms with Gasteiger partial charge in [0.1, 0.15) is 5.75 Å². The van der Waals surface area contributed by atoms with E-state index < -0.39 is 10.0 Å². The molecule has 0 aliphatic rings. The second-order valence-corrected chi connectivity index (χ2v) is 7.66. The summed E-state index contributed by atoms with van der Waals surface area (Å²) in [5.41, 5.74) is 0.905. The van der Waals surface area contributed by atoms with Crippen molar-refractivity contribution in [2.45, 2.75) is 25.2 Å². The average Bonchev–Trinajstić information content (AvgIpc) is 2.54. The molecule has 0 saturated heterocycles. The molecule has 2 N–H and O–H groups in total. The monoisotopic (exact) mass is 362 g/mol. The maximum Gasteiger partial charge on any atom is 0.262 e.